The number of carbonyl (C=O) groups is 1. The third kappa shape index (κ3) is 4.28. The summed E-state index contributed by atoms with van der Waals surface area (Å²) >= 11 is 0. The van der Waals surface area contributed by atoms with Crippen molar-refractivity contribution in [2.24, 2.45) is 11.7 Å². The number of hydrogen-bond donors (Lipinski definition) is 2. The van der Waals surface area contributed by atoms with E-state index in [2.05, 4.69) is 31.0 Å². The highest BCUT2D eigenvalue weighted by Gasteiger charge is 2.38. The van der Waals surface area contributed by atoms with E-state index in [9.17, 15) is 4.79 Å². The molecule has 0 bridgehead atoms. The predicted molar refractivity (Wildman–Crippen MR) is 70.7 cm³/mol. The molecule has 100 valence electrons. The second kappa shape index (κ2) is 5.83. The van der Waals surface area contributed by atoms with Crippen LogP contribution in [0, 0.1) is 5.92 Å². The van der Waals surface area contributed by atoms with Gasteiger partial charge in [0, 0.05) is 24.7 Å². The maximum atomic E-state index is 11.7. The molecule has 1 heterocycles. The molecule has 1 atom stereocenters. The Kier molecular flexibility index (Phi) is 4.95. The first kappa shape index (κ1) is 14.5. The van der Waals surface area contributed by atoms with Crippen molar-refractivity contribution in [3.63, 3.8) is 0 Å². The summed E-state index contributed by atoms with van der Waals surface area (Å²) in [5.41, 5.74) is 6.11. The number of nitrogens with two attached hydrogens (primary N) is 1. The highest BCUT2D eigenvalue weighted by molar-refractivity contribution is 5.78. The average molecular weight is 241 g/mol. The minimum atomic E-state index is -0.0430. The quantitative estimate of drug-likeness (QED) is 0.728. The fourth-order valence-corrected chi connectivity index (χ4v) is 2.28. The number of hydrogen-bond acceptors (Lipinski definition) is 3. The molecule has 1 fully saturated rings. The number of rotatable bonds is 6. The predicted octanol–water partition coefficient (Wildman–Crippen LogP) is 0.960. The van der Waals surface area contributed by atoms with Crippen molar-refractivity contribution in [1.29, 1.82) is 0 Å². The lowest BCUT2D eigenvalue weighted by molar-refractivity contribution is -0.125. The number of nitrogens with zero attached hydrogens (tertiary/aromatic N) is 1. The summed E-state index contributed by atoms with van der Waals surface area (Å²) in [5.74, 6) is 0.591. The van der Waals surface area contributed by atoms with E-state index in [1.54, 1.807) is 0 Å². The van der Waals surface area contributed by atoms with Gasteiger partial charge in [-0.15, -0.1) is 0 Å². The summed E-state index contributed by atoms with van der Waals surface area (Å²) in [6.45, 7) is 10.6. The van der Waals surface area contributed by atoms with Crippen LogP contribution in [-0.4, -0.2) is 42.0 Å². The Morgan fingerprint density at radius 2 is 2.00 bits per heavy atom. The molecule has 1 amide bonds. The fraction of sp³-hybridized carbons (Fsp3) is 0.923. The summed E-state index contributed by atoms with van der Waals surface area (Å²) in [5, 5.41) is 3.02. The highest BCUT2D eigenvalue weighted by Crippen LogP contribution is 2.22. The number of carbonyl (C=O) groups excluding carboxylic acids is 1. The second-order valence-corrected chi connectivity index (χ2v) is 5.86. The van der Waals surface area contributed by atoms with Crippen LogP contribution < -0.4 is 11.1 Å². The van der Waals surface area contributed by atoms with Gasteiger partial charge in [-0.05, 0) is 19.3 Å². The van der Waals surface area contributed by atoms with E-state index in [0.717, 1.165) is 25.9 Å². The summed E-state index contributed by atoms with van der Waals surface area (Å²) in [6.07, 6.45) is 2.16. The van der Waals surface area contributed by atoms with Crippen molar-refractivity contribution in [2.75, 3.05) is 19.6 Å². The zero-order valence-corrected chi connectivity index (χ0v) is 11.6. The van der Waals surface area contributed by atoms with Crippen LogP contribution in [0.2, 0.25) is 0 Å². The molecule has 1 saturated heterocycles. The molecule has 1 aliphatic heterocycles. The van der Waals surface area contributed by atoms with Crippen LogP contribution in [0.25, 0.3) is 0 Å². The van der Waals surface area contributed by atoms with E-state index in [4.69, 9.17) is 5.73 Å². The molecule has 3 N–H and O–H groups in total. The van der Waals surface area contributed by atoms with Crippen molar-refractivity contribution in [1.82, 2.24) is 10.2 Å². The van der Waals surface area contributed by atoms with Crippen LogP contribution in [0.1, 0.15) is 40.5 Å². The smallest absolute Gasteiger partial charge is 0.234 e. The Morgan fingerprint density at radius 3 is 2.47 bits per heavy atom. The molecule has 1 unspecified atom stereocenters. The van der Waals surface area contributed by atoms with Crippen LogP contribution in [-0.2, 0) is 4.79 Å². The van der Waals surface area contributed by atoms with Gasteiger partial charge in [0.25, 0.3) is 0 Å². The minimum absolute atomic E-state index is 0.0430. The molecule has 4 nitrogen and oxygen atoms in total. The normalized spacial score (nSPS) is 21.1. The van der Waals surface area contributed by atoms with E-state index in [0.29, 0.717) is 12.5 Å². The van der Waals surface area contributed by atoms with Crippen molar-refractivity contribution < 1.29 is 4.79 Å². The molecule has 0 aliphatic carbocycles. The van der Waals surface area contributed by atoms with E-state index in [-0.39, 0.29) is 17.5 Å². The molecule has 0 aromatic heterocycles. The largest absolute Gasteiger partial charge is 0.352 e. The van der Waals surface area contributed by atoms with E-state index >= 15 is 0 Å². The molecule has 4 heteroatoms. The standard InChI is InChI=1S/C13H27N3O/c1-5-6-13(14)8-16(9-13)7-12(17)15-11(4)10(2)3/h10-11H,5-9,14H2,1-4H3,(H,15,17). The number of amides is 1. The molecule has 17 heavy (non-hydrogen) atoms. The van der Waals surface area contributed by atoms with Gasteiger partial charge in [-0.3, -0.25) is 9.69 Å². The van der Waals surface area contributed by atoms with Crippen LogP contribution >= 0.6 is 0 Å². The Hall–Kier alpha value is -0.610. The van der Waals surface area contributed by atoms with Crippen molar-refractivity contribution in [3.8, 4) is 0 Å². The van der Waals surface area contributed by atoms with Gasteiger partial charge in [0.05, 0.1) is 6.54 Å². The average Bonchev–Trinajstić information content (AvgIpc) is 2.15. The topological polar surface area (TPSA) is 58.4 Å². The zero-order valence-electron chi connectivity index (χ0n) is 11.6. The molecular weight excluding hydrogens is 214 g/mol. The van der Waals surface area contributed by atoms with Gasteiger partial charge in [0.15, 0.2) is 0 Å². The van der Waals surface area contributed by atoms with Gasteiger partial charge in [-0.1, -0.05) is 27.2 Å². The monoisotopic (exact) mass is 241 g/mol. The first-order chi connectivity index (χ1) is 7.86. The SMILES string of the molecule is CCCC1(N)CN(CC(=O)NC(C)C(C)C)C1. The Bertz CT molecular complexity index is 259. The highest BCUT2D eigenvalue weighted by atomic mass is 16.2. The van der Waals surface area contributed by atoms with Gasteiger partial charge in [-0.2, -0.15) is 0 Å². The Balaban J connectivity index is 2.22. The van der Waals surface area contributed by atoms with Gasteiger partial charge < -0.3 is 11.1 Å². The third-order valence-electron chi connectivity index (χ3n) is 3.58. The summed E-state index contributed by atoms with van der Waals surface area (Å²) in [7, 11) is 0. The Morgan fingerprint density at radius 1 is 1.41 bits per heavy atom. The first-order valence-corrected chi connectivity index (χ1v) is 6.67. The summed E-state index contributed by atoms with van der Waals surface area (Å²) in [4.78, 5) is 13.9. The van der Waals surface area contributed by atoms with Gasteiger partial charge in [-0.25, -0.2) is 0 Å². The minimum Gasteiger partial charge on any atom is -0.352 e. The van der Waals surface area contributed by atoms with E-state index in [1.807, 2.05) is 6.92 Å². The van der Waals surface area contributed by atoms with Crippen LogP contribution in [0.15, 0.2) is 0 Å². The van der Waals surface area contributed by atoms with E-state index in [1.165, 1.54) is 0 Å². The summed E-state index contributed by atoms with van der Waals surface area (Å²) in [6, 6.07) is 0.238. The maximum Gasteiger partial charge on any atom is 0.234 e. The van der Waals surface area contributed by atoms with Crippen LogP contribution in [0.3, 0.4) is 0 Å². The van der Waals surface area contributed by atoms with Crippen LogP contribution in [0.4, 0.5) is 0 Å². The molecule has 0 spiro atoms. The summed E-state index contributed by atoms with van der Waals surface area (Å²) < 4.78 is 0. The van der Waals surface area contributed by atoms with Crippen molar-refractivity contribution in [3.05, 3.63) is 0 Å². The van der Waals surface area contributed by atoms with Gasteiger partial charge in [0.1, 0.15) is 0 Å². The molecular formula is C13H27N3O. The lowest BCUT2D eigenvalue weighted by atomic mass is 9.86. The molecule has 1 rings (SSSR count). The number of nitrogens with one attached hydrogen (secondary N) is 1. The van der Waals surface area contributed by atoms with Crippen molar-refractivity contribution in [2.45, 2.75) is 52.1 Å². The van der Waals surface area contributed by atoms with Gasteiger partial charge in [0.2, 0.25) is 5.91 Å². The molecule has 0 aromatic rings. The first-order valence-electron chi connectivity index (χ1n) is 6.67. The number of likely N-dealkylation sites (tertiary alicyclic amines) is 1. The van der Waals surface area contributed by atoms with E-state index < -0.39 is 0 Å². The van der Waals surface area contributed by atoms with Crippen molar-refractivity contribution >= 4 is 5.91 Å². The molecule has 0 saturated carbocycles. The lowest BCUT2D eigenvalue weighted by Gasteiger charge is -2.47. The molecule has 0 radical (unpaired) electrons. The zero-order chi connectivity index (χ0) is 13.1. The molecule has 1 aliphatic rings. The van der Waals surface area contributed by atoms with Crippen LogP contribution in [0.5, 0.6) is 0 Å². The third-order valence-corrected chi connectivity index (χ3v) is 3.58. The van der Waals surface area contributed by atoms with Gasteiger partial charge >= 0.3 is 0 Å². The lowest BCUT2D eigenvalue weighted by Crippen LogP contribution is -2.68. The Labute approximate surface area is 105 Å². The fourth-order valence-electron chi connectivity index (χ4n) is 2.28. The second-order valence-electron chi connectivity index (χ2n) is 5.86. The maximum absolute atomic E-state index is 11.7. The molecule has 0 aromatic carbocycles.